The fourth-order valence-corrected chi connectivity index (χ4v) is 1.46. The lowest BCUT2D eigenvalue weighted by Crippen LogP contribution is -1.94. The standard InChI is InChI=1S/C9H9N3O2S/c1-13-8-6(7-3-4-11-14-7)5-10-9(12-8)15-2/h3-5H,1-2H3. The molecule has 2 aromatic rings. The number of thioether (sulfide) groups is 1. The maximum atomic E-state index is 5.16. The first-order valence-electron chi connectivity index (χ1n) is 4.21. The van der Waals surface area contributed by atoms with Crippen molar-refractivity contribution in [2.24, 2.45) is 0 Å². The molecule has 0 amide bonds. The molecule has 0 aliphatic heterocycles. The number of hydrogen-bond donors (Lipinski definition) is 0. The zero-order chi connectivity index (χ0) is 10.7. The monoisotopic (exact) mass is 223 g/mol. The average molecular weight is 223 g/mol. The van der Waals surface area contributed by atoms with Crippen LogP contribution in [0.2, 0.25) is 0 Å². The van der Waals surface area contributed by atoms with Gasteiger partial charge in [0.15, 0.2) is 10.9 Å². The van der Waals surface area contributed by atoms with Crippen molar-refractivity contribution in [3.8, 4) is 17.2 Å². The Morgan fingerprint density at radius 1 is 1.47 bits per heavy atom. The van der Waals surface area contributed by atoms with E-state index in [1.165, 1.54) is 11.8 Å². The van der Waals surface area contributed by atoms with E-state index < -0.39 is 0 Å². The van der Waals surface area contributed by atoms with E-state index in [0.29, 0.717) is 22.4 Å². The lowest BCUT2D eigenvalue weighted by atomic mass is 10.2. The number of aromatic nitrogens is 3. The van der Waals surface area contributed by atoms with E-state index >= 15 is 0 Å². The predicted octanol–water partition coefficient (Wildman–Crippen LogP) is 1.86. The lowest BCUT2D eigenvalue weighted by molar-refractivity contribution is 0.387. The van der Waals surface area contributed by atoms with E-state index in [4.69, 9.17) is 9.26 Å². The highest BCUT2D eigenvalue weighted by atomic mass is 32.2. The smallest absolute Gasteiger partial charge is 0.228 e. The van der Waals surface area contributed by atoms with Gasteiger partial charge in [0.25, 0.3) is 0 Å². The molecular formula is C9H9N3O2S. The van der Waals surface area contributed by atoms with Gasteiger partial charge in [-0.15, -0.1) is 0 Å². The summed E-state index contributed by atoms with van der Waals surface area (Å²) in [5, 5.41) is 4.29. The van der Waals surface area contributed by atoms with Crippen LogP contribution < -0.4 is 4.74 Å². The summed E-state index contributed by atoms with van der Waals surface area (Å²) in [6, 6.07) is 1.74. The van der Waals surface area contributed by atoms with E-state index in [1.54, 1.807) is 25.6 Å². The summed E-state index contributed by atoms with van der Waals surface area (Å²) in [5.74, 6) is 1.09. The highest BCUT2D eigenvalue weighted by Crippen LogP contribution is 2.28. The second-order valence-electron chi connectivity index (χ2n) is 2.66. The van der Waals surface area contributed by atoms with E-state index in [-0.39, 0.29) is 0 Å². The third-order valence-electron chi connectivity index (χ3n) is 1.81. The van der Waals surface area contributed by atoms with Crippen molar-refractivity contribution in [2.75, 3.05) is 13.4 Å². The lowest BCUT2D eigenvalue weighted by Gasteiger charge is -2.04. The SMILES string of the molecule is COc1nc(SC)ncc1-c1ccno1. The topological polar surface area (TPSA) is 61.0 Å². The van der Waals surface area contributed by atoms with E-state index in [1.807, 2.05) is 6.26 Å². The van der Waals surface area contributed by atoms with Gasteiger partial charge in [-0.2, -0.15) is 4.98 Å². The Morgan fingerprint density at radius 3 is 2.93 bits per heavy atom. The van der Waals surface area contributed by atoms with Crippen LogP contribution in [-0.4, -0.2) is 28.5 Å². The Labute approximate surface area is 90.9 Å². The van der Waals surface area contributed by atoms with Crippen LogP contribution in [0.25, 0.3) is 11.3 Å². The fraction of sp³-hybridized carbons (Fsp3) is 0.222. The zero-order valence-electron chi connectivity index (χ0n) is 8.30. The van der Waals surface area contributed by atoms with E-state index in [0.717, 1.165) is 0 Å². The summed E-state index contributed by atoms with van der Waals surface area (Å²) in [7, 11) is 1.56. The fourth-order valence-electron chi connectivity index (χ4n) is 1.13. The molecule has 0 N–H and O–H groups in total. The maximum absolute atomic E-state index is 5.16. The van der Waals surface area contributed by atoms with Gasteiger partial charge in [-0.1, -0.05) is 16.9 Å². The Kier molecular flexibility index (Phi) is 2.86. The summed E-state index contributed by atoms with van der Waals surface area (Å²) in [6.07, 6.45) is 5.14. The molecule has 0 saturated carbocycles. The van der Waals surface area contributed by atoms with Gasteiger partial charge in [-0.3, -0.25) is 0 Å². The number of nitrogens with zero attached hydrogens (tertiary/aromatic N) is 3. The average Bonchev–Trinajstić information content (AvgIpc) is 2.81. The molecule has 0 saturated heterocycles. The van der Waals surface area contributed by atoms with Crippen LogP contribution in [0.4, 0.5) is 0 Å². The minimum Gasteiger partial charge on any atom is -0.480 e. The van der Waals surface area contributed by atoms with Crippen molar-refractivity contribution in [1.82, 2.24) is 15.1 Å². The van der Waals surface area contributed by atoms with Gasteiger partial charge in [0.1, 0.15) is 5.56 Å². The molecule has 2 heterocycles. The Hall–Kier alpha value is -1.56. The molecule has 0 aromatic carbocycles. The van der Waals surface area contributed by atoms with Gasteiger partial charge < -0.3 is 9.26 Å². The van der Waals surface area contributed by atoms with Gasteiger partial charge in [0.05, 0.1) is 13.3 Å². The molecule has 2 rings (SSSR count). The summed E-state index contributed by atoms with van der Waals surface area (Å²) in [5.41, 5.74) is 0.702. The Bertz CT molecular complexity index is 445. The molecular weight excluding hydrogens is 214 g/mol. The molecule has 6 heteroatoms. The zero-order valence-corrected chi connectivity index (χ0v) is 9.11. The minimum absolute atomic E-state index is 0.492. The van der Waals surface area contributed by atoms with Gasteiger partial charge in [-0.25, -0.2) is 4.98 Å². The second-order valence-corrected chi connectivity index (χ2v) is 3.43. The number of methoxy groups -OCH3 is 1. The van der Waals surface area contributed by atoms with Crippen molar-refractivity contribution in [3.63, 3.8) is 0 Å². The summed E-state index contributed by atoms with van der Waals surface area (Å²) >= 11 is 1.46. The maximum Gasteiger partial charge on any atom is 0.228 e. The summed E-state index contributed by atoms with van der Waals surface area (Å²) in [4.78, 5) is 8.35. The number of hydrogen-bond acceptors (Lipinski definition) is 6. The molecule has 0 bridgehead atoms. The quantitative estimate of drug-likeness (QED) is 0.584. The van der Waals surface area contributed by atoms with Crippen molar-refractivity contribution in [1.29, 1.82) is 0 Å². The first kappa shape index (κ1) is 9.97. The van der Waals surface area contributed by atoms with Crippen molar-refractivity contribution in [3.05, 3.63) is 18.5 Å². The molecule has 0 fully saturated rings. The second kappa shape index (κ2) is 4.31. The van der Waals surface area contributed by atoms with Crippen LogP contribution in [-0.2, 0) is 0 Å². The minimum atomic E-state index is 0.492. The van der Waals surface area contributed by atoms with Crippen LogP contribution in [0.5, 0.6) is 5.88 Å². The van der Waals surface area contributed by atoms with Gasteiger partial charge >= 0.3 is 0 Å². The molecule has 2 aromatic heterocycles. The van der Waals surface area contributed by atoms with Crippen LogP contribution >= 0.6 is 11.8 Å². The van der Waals surface area contributed by atoms with Crippen molar-refractivity contribution < 1.29 is 9.26 Å². The molecule has 0 atom stereocenters. The van der Waals surface area contributed by atoms with Crippen LogP contribution in [0.1, 0.15) is 0 Å². The van der Waals surface area contributed by atoms with Gasteiger partial charge in [0, 0.05) is 12.3 Å². The first-order chi connectivity index (χ1) is 7.35. The third-order valence-corrected chi connectivity index (χ3v) is 2.37. The molecule has 78 valence electrons. The molecule has 0 aliphatic rings. The van der Waals surface area contributed by atoms with Crippen LogP contribution in [0.3, 0.4) is 0 Å². The van der Waals surface area contributed by atoms with Gasteiger partial charge in [0.2, 0.25) is 5.88 Å². The normalized spacial score (nSPS) is 10.3. The summed E-state index contributed by atoms with van der Waals surface area (Å²) < 4.78 is 10.2. The first-order valence-corrected chi connectivity index (χ1v) is 5.43. The molecule has 5 nitrogen and oxygen atoms in total. The Morgan fingerprint density at radius 2 is 2.33 bits per heavy atom. The largest absolute Gasteiger partial charge is 0.480 e. The molecule has 0 radical (unpaired) electrons. The van der Waals surface area contributed by atoms with Crippen LogP contribution in [0, 0.1) is 0 Å². The highest BCUT2D eigenvalue weighted by Gasteiger charge is 2.12. The number of ether oxygens (including phenoxy) is 1. The molecule has 0 spiro atoms. The van der Waals surface area contributed by atoms with Crippen molar-refractivity contribution >= 4 is 11.8 Å². The highest BCUT2D eigenvalue weighted by molar-refractivity contribution is 7.98. The predicted molar refractivity (Wildman–Crippen MR) is 55.9 cm³/mol. The van der Waals surface area contributed by atoms with Crippen molar-refractivity contribution in [2.45, 2.75) is 5.16 Å². The molecule has 0 aliphatic carbocycles. The number of rotatable bonds is 3. The summed E-state index contributed by atoms with van der Waals surface area (Å²) in [6.45, 7) is 0. The van der Waals surface area contributed by atoms with Gasteiger partial charge in [-0.05, 0) is 6.26 Å². The van der Waals surface area contributed by atoms with E-state index in [9.17, 15) is 0 Å². The molecule has 0 unspecified atom stereocenters. The van der Waals surface area contributed by atoms with E-state index in [2.05, 4.69) is 15.1 Å². The van der Waals surface area contributed by atoms with Crippen LogP contribution in [0.15, 0.2) is 28.1 Å². The Balaban J connectivity index is 2.48. The molecule has 15 heavy (non-hydrogen) atoms. The third kappa shape index (κ3) is 1.94.